The standard InChI is InChI=1S/C7H4BrF2NO2/c8-3-1-4-5(11-2-3)6(12)7(9,10)13-4/h1-2,6,12H. The molecule has 1 aromatic rings. The zero-order valence-corrected chi connectivity index (χ0v) is 7.75. The van der Waals surface area contributed by atoms with Crippen LogP contribution in [0, 0.1) is 0 Å². The normalized spacial score (nSPS) is 23.8. The summed E-state index contributed by atoms with van der Waals surface area (Å²) in [6.45, 7) is 0. The van der Waals surface area contributed by atoms with Gasteiger partial charge in [0, 0.05) is 10.7 Å². The first-order valence-electron chi connectivity index (χ1n) is 3.41. The van der Waals surface area contributed by atoms with Crippen molar-refractivity contribution in [2.24, 2.45) is 0 Å². The molecule has 0 amide bonds. The van der Waals surface area contributed by atoms with Crippen LogP contribution in [0.3, 0.4) is 0 Å². The SMILES string of the molecule is OC1c2ncc(Br)cc2OC1(F)F. The van der Waals surface area contributed by atoms with Crippen LogP contribution in [0.4, 0.5) is 8.78 Å². The molecule has 0 spiro atoms. The van der Waals surface area contributed by atoms with Gasteiger partial charge in [0.05, 0.1) is 0 Å². The summed E-state index contributed by atoms with van der Waals surface area (Å²) in [5.74, 6) is -0.0909. The van der Waals surface area contributed by atoms with Crippen molar-refractivity contribution >= 4 is 15.9 Å². The molecular weight excluding hydrogens is 248 g/mol. The van der Waals surface area contributed by atoms with Gasteiger partial charge in [-0.05, 0) is 22.0 Å². The Balaban J connectivity index is 2.50. The maximum Gasteiger partial charge on any atom is 0.430 e. The lowest BCUT2D eigenvalue weighted by atomic mass is 10.2. The fraction of sp³-hybridized carbons (Fsp3) is 0.286. The average molecular weight is 252 g/mol. The molecule has 1 aromatic heterocycles. The summed E-state index contributed by atoms with van der Waals surface area (Å²) in [4.78, 5) is 3.63. The fourth-order valence-corrected chi connectivity index (χ4v) is 1.39. The number of fused-ring (bicyclic) bond motifs is 1. The van der Waals surface area contributed by atoms with Crippen molar-refractivity contribution in [2.75, 3.05) is 0 Å². The smallest absolute Gasteiger partial charge is 0.428 e. The molecule has 1 atom stereocenters. The number of pyridine rings is 1. The van der Waals surface area contributed by atoms with Gasteiger partial charge in [0.25, 0.3) is 0 Å². The summed E-state index contributed by atoms with van der Waals surface area (Å²) < 4.78 is 30.2. The number of nitrogens with zero attached hydrogens (tertiary/aromatic N) is 1. The second kappa shape index (κ2) is 2.62. The lowest BCUT2D eigenvalue weighted by Gasteiger charge is -2.10. The van der Waals surface area contributed by atoms with E-state index in [0.29, 0.717) is 4.47 Å². The third-order valence-electron chi connectivity index (χ3n) is 1.67. The van der Waals surface area contributed by atoms with E-state index in [2.05, 4.69) is 25.7 Å². The highest BCUT2D eigenvalue weighted by molar-refractivity contribution is 9.10. The van der Waals surface area contributed by atoms with E-state index in [-0.39, 0.29) is 11.4 Å². The van der Waals surface area contributed by atoms with Crippen LogP contribution in [0.15, 0.2) is 16.7 Å². The molecule has 0 saturated heterocycles. The number of halogens is 3. The first-order valence-corrected chi connectivity index (χ1v) is 4.20. The number of aromatic nitrogens is 1. The van der Waals surface area contributed by atoms with Crippen LogP contribution in [0.2, 0.25) is 0 Å². The van der Waals surface area contributed by atoms with Crippen molar-refractivity contribution in [1.82, 2.24) is 4.98 Å². The Bertz CT molecular complexity index is 358. The second-order valence-corrected chi connectivity index (χ2v) is 3.52. The molecule has 2 rings (SSSR count). The lowest BCUT2D eigenvalue weighted by molar-refractivity contribution is -0.224. The van der Waals surface area contributed by atoms with Crippen LogP contribution in [0.5, 0.6) is 5.75 Å². The van der Waals surface area contributed by atoms with Crippen molar-refractivity contribution in [2.45, 2.75) is 12.2 Å². The highest BCUT2D eigenvalue weighted by Gasteiger charge is 2.50. The number of aliphatic hydroxyl groups excluding tert-OH is 1. The minimum atomic E-state index is -3.57. The van der Waals surface area contributed by atoms with E-state index in [1.807, 2.05) is 0 Å². The van der Waals surface area contributed by atoms with E-state index in [1.54, 1.807) is 0 Å². The molecule has 1 unspecified atom stereocenters. The third kappa shape index (κ3) is 1.30. The summed E-state index contributed by atoms with van der Waals surface area (Å²) >= 11 is 3.05. The topological polar surface area (TPSA) is 42.4 Å². The summed E-state index contributed by atoms with van der Waals surface area (Å²) in [5.41, 5.74) is -0.131. The molecule has 0 fully saturated rings. The molecule has 3 nitrogen and oxygen atoms in total. The second-order valence-electron chi connectivity index (χ2n) is 2.60. The number of rotatable bonds is 0. The van der Waals surface area contributed by atoms with E-state index in [1.165, 1.54) is 12.3 Å². The number of ether oxygens (including phenoxy) is 1. The highest BCUT2D eigenvalue weighted by atomic mass is 79.9. The van der Waals surface area contributed by atoms with E-state index in [4.69, 9.17) is 5.11 Å². The van der Waals surface area contributed by atoms with Crippen molar-refractivity contribution in [3.63, 3.8) is 0 Å². The zero-order valence-electron chi connectivity index (χ0n) is 6.17. The maximum absolute atomic E-state index is 12.7. The summed E-state index contributed by atoms with van der Waals surface area (Å²) in [6, 6.07) is 1.34. The fourth-order valence-electron chi connectivity index (χ4n) is 1.08. The minimum Gasteiger partial charge on any atom is -0.428 e. The maximum atomic E-state index is 12.7. The zero-order chi connectivity index (χ0) is 9.64. The van der Waals surface area contributed by atoms with Gasteiger partial charge in [-0.15, -0.1) is 0 Å². The number of hydrogen-bond acceptors (Lipinski definition) is 3. The molecule has 0 bridgehead atoms. The van der Waals surface area contributed by atoms with E-state index in [0.717, 1.165) is 0 Å². The highest BCUT2D eigenvalue weighted by Crippen LogP contribution is 2.44. The number of hydrogen-bond donors (Lipinski definition) is 1. The molecule has 2 heterocycles. The Morgan fingerprint density at radius 2 is 2.31 bits per heavy atom. The molecule has 0 aliphatic carbocycles. The Hall–Kier alpha value is -0.750. The molecule has 70 valence electrons. The van der Waals surface area contributed by atoms with Gasteiger partial charge in [-0.3, -0.25) is 4.98 Å². The average Bonchev–Trinajstić information content (AvgIpc) is 2.22. The largest absolute Gasteiger partial charge is 0.430 e. The summed E-state index contributed by atoms with van der Waals surface area (Å²) in [5, 5.41) is 9.05. The third-order valence-corrected chi connectivity index (χ3v) is 2.11. The van der Waals surface area contributed by atoms with Gasteiger partial charge >= 0.3 is 6.11 Å². The molecular formula is C7H4BrF2NO2. The Labute approximate surface area is 80.5 Å². The number of alkyl halides is 2. The van der Waals surface area contributed by atoms with Crippen molar-refractivity contribution in [3.8, 4) is 5.75 Å². The van der Waals surface area contributed by atoms with Gasteiger partial charge in [0.1, 0.15) is 5.69 Å². The monoisotopic (exact) mass is 251 g/mol. The van der Waals surface area contributed by atoms with Gasteiger partial charge in [0.2, 0.25) is 6.10 Å². The first-order chi connectivity index (χ1) is 6.00. The molecule has 1 N–H and O–H groups in total. The van der Waals surface area contributed by atoms with Crippen LogP contribution in [-0.4, -0.2) is 16.2 Å². The molecule has 0 saturated carbocycles. The van der Waals surface area contributed by atoms with Gasteiger partial charge in [-0.1, -0.05) is 0 Å². The Kier molecular flexibility index (Phi) is 1.78. The lowest BCUT2D eigenvalue weighted by Crippen LogP contribution is -2.26. The van der Waals surface area contributed by atoms with Crippen LogP contribution < -0.4 is 4.74 Å². The predicted octanol–water partition coefficient (Wildman–Crippen LogP) is 1.86. The van der Waals surface area contributed by atoms with Gasteiger partial charge in [-0.2, -0.15) is 8.78 Å². The van der Waals surface area contributed by atoms with Crippen LogP contribution in [-0.2, 0) is 0 Å². The molecule has 1 aliphatic heterocycles. The van der Waals surface area contributed by atoms with E-state index in [9.17, 15) is 8.78 Å². The molecule has 0 aromatic carbocycles. The quantitative estimate of drug-likeness (QED) is 0.766. The molecule has 6 heteroatoms. The Morgan fingerprint density at radius 3 is 3.00 bits per heavy atom. The minimum absolute atomic E-state index is 0.0909. The van der Waals surface area contributed by atoms with Crippen LogP contribution in [0.25, 0.3) is 0 Å². The van der Waals surface area contributed by atoms with Crippen molar-refractivity contribution in [1.29, 1.82) is 0 Å². The van der Waals surface area contributed by atoms with Gasteiger partial charge in [-0.25, -0.2) is 0 Å². The first kappa shape index (κ1) is 8.83. The van der Waals surface area contributed by atoms with Crippen LogP contribution >= 0.6 is 15.9 Å². The molecule has 1 aliphatic rings. The van der Waals surface area contributed by atoms with Crippen molar-refractivity contribution < 1.29 is 18.6 Å². The Morgan fingerprint density at radius 1 is 1.62 bits per heavy atom. The summed E-state index contributed by atoms with van der Waals surface area (Å²) in [7, 11) is 0. The molecule has 13 heavy (non-hydrogen) atoms. The van der Waals surface area contributed by atoms with E-state index < -0.39 is 12.2 Å². The van der Waals surface area contributed by atoms with E-state index >= 15 is 0 Å². The number of aliphatic hydroxyl groups is 1. The molecule has 0 radical (unpaired) electrons. The van der Waals surface area contributed by atoms with Crippen LogP contribution in [0.1, 0.15) is 11.8 Å². The van der Waals surface area contributed by atoms with Gasteiger partial charge in [0.15, 0.2) is 5.75 Å². The summed E-state index contributed by atoms with van der Waals surface area (Å²) in [6.07, 6.45) is -4.22. The predicted molar refractivity (Wildman–Crippen MR) is 42.5 cm³/mol. The van der Waals surface area contributed by atoms with Crippen molar-refractivity contribution in [3.05, 3.63) is 22.4 Å². The van der Waals surface area contributed by atoms with Gasteiger partial charge < -0.3 is 9.84 Å².